The van der Waals surface area contributed by atoms with Crippen molar-refractivity contribution in [2.45, 2.75) is 26.3 Å². The highest BCUT2D eigenvalue weighted by atomic mass is 32.2. The molecule has 0 amide bonds. The number of piperidine rings is 1. The molecule has 1 aliphatic rings. The maximum atomic E-state index is 11.8. The Morgan fingerprint density at radius 1 is 1.41 bits per heavy atom. The Morgan fingerprint density at radius 2 is 2.24 bits per heavy atom. The zero-order valence-electron chi connectivity index (χ0n) is 16.7. The molecule has 10 nitrogen and oxygen atoms in total. The van der Waals surface area contributed by atoms with Crippen molar-refractivity contribution < 1.29 is 17.8 Å². The van der Waals surface area contributed by atoms with Crippen LogP contribution in [0.15, 0.2) is 30.7 Å². The van der Waals surface area contributed by atoms with Crippen LogP contribution in [0, 0.1) is 5.92 Å². The maximum absolute atomic E-state index is 11.8. The van der Waals surface area contributed by atoms with Gasteiger partial charge in [-0.1, -0.05) is 11.4 Å². The summed E-state index contributed by atoms with van der Waals surface area (Å²) >= 11 is 0. The molecule has 0 radical (unpaired) electrons. The van der Waals surface area contributed by atoms with Crippen molar-refractivity contribution >= 4 is 21.6 Å². The fraction of sp³-hybridized carbons (Fsp3) is 0.500. The van der Waals surface area contributed by atoms with Crippen LogP contribution >= 0.6 is 0 Å². The van der Waals surface area contributed by atoms with E-state index in [1.807, 2.05) is 38.4 Å². The molecule has 3 aromatic rings. The van der Waals surface area contributed by atoms with E-state index in [1.54, 1.807) is 15.4 Å². The fourth-order valence-corrected chi connectivity index (χ4v) is 4.63. The molecule has 3 aromatic heterocycles. The van der Waals surface area contributed by atoms with Crippen LogP contribution in [0.4, 0.5) is 5.95 Å². The predicted octanol–water partition coefficient (Wildman–Crippen LogP) is 0.542. The number of aromatic nitrogens is 5. The van der Waals surface area contributed by atoms with Crippen molar-refractivity contribution in [1.82, 2.24) is 24.3 Å². The molecular formula is C18H26N7O3S+. The molecule has 1 fully saturated rings. The van der Waals surface area contributed by atoms with Gasteiger partial charge < -0.3 is 10.2 Å². The minimum Gasteiger partial charge on any atom is -0.332 e. The van der Waals surface area contributed by atoms with E-state index in [4.69, 9.17) is 4.84 Å². The van der Waals surface area contributed by atoms with Crippen LogP contribution in [-0.4, -0.2) is 64.7 Å². The summed E-state index contributed by atoms with van der Waals surface area (Å²) in [5.74, 6) is 0.737. The van der Waals surface area contributed by atoms with Gasteiger partial charge in [0, 0.05) is 41.7 Å². The van der Waals surface area contributed by atoms with Crippen molar-refractivity contribution in [1.29, 1.82) is 0 Å². The lowest BCUT2D eigenvalue weighted by Gasteiger charge is -2.35. The van der Waals surface area contributed by atoms with Gasteiger partial charge in [-0.2, -0.15) is 5.10 Å². The van der Waals surface area contributed by atoms with Crippen molar-refractivity contribution in [2.24, 2.45) is 5.92 Å². The molecule has 11 heteroatoms. The largest absolute Gasteiger partial charge is 0.373 e. The lowest BCUT2D eigenvalue weighted by atomic mass is 9.95. The van der Waals surface area contributed by atoms with E-state index in [-0.39, 0.29) is 12.0 Å². The van der Waals surface area contributed by atoms with E-state index >= 15 is 0 Å². The average molecular weight is 421 g/mol. The topological polar surface area (TPSA) is 109 Å². The van der Waals surface area contributed by atoms with Crippen LogP contribution in [0.3, 0.4) is 0 Å². The second kappa shape index (κ2) is 7.64. The number of hydrogen-bond acceptors (Lipinski definition) is 6. The normalized spacial score (nSPS) is 20.8. The molecule has 0 unspecified atom stereocenters. The number of fused-ring (bicyclic) bond motifs is 1. The highest BCUT2D eigenvalue weighted by Gasteiger charge is 2.33. The Balaban J connectivity index is 1.62. The lowest BCUT2D eigenvalue weighted by Crippen LogP contribution is -2.47. The molecule has 4 rings (SSSR count). The molecule has 0 saturated carbocycles. The van der Waals surface area contributed by atoms with Gasteiger partial charge in [-0.15, -0.1) is 0 Å². The first-order chi connectivity index (χ1) is 13.9. The average Bonchev–Trinajstić information content (AvgIpc) is 3.31. The minimum atomic E-state index is -3.17. The Hall–Kier alpha value is -2.66. The summed E-state index contributed by atoms with van der Waals surface area (Å²) in [6.07, 6.45) is 7.45. The zero-order valence-corrected chi connectivity index (χ0v) is 17.6. The van der Waals surface area contributed by atoms with Crippen LogP contribution in [0.2, 0.25) is 0 Å². The number of nitrogens with zero attached hydrogens (tertiary/aromatic N) is 5. The Bertz CT molecular complexity index is 1090. The number of hydrogen-bond donors (Lipinski definition) is 2. The molecule has 0 bridgehead atoms. The Kier molecular flexibility index (Phi) is 5.17. The summed E-state index contributed by atoms with van der Waals surface area (Å²) in [6.45, 7) is 5.44. The second-order valence-electron chi connectivity index (χ2n) is 7.38. The first kappa shape index (κ1) is 19.6. The van der Waals surface area contributed by atoms with E-state index in [0.717, 1.165) is 16.8 Å². The predicted molar refractivity (Wildman–Crippen MR) is 108 cm³/mol. The number of H-pyrrole nitrogens is 1. The highest BCUT2D eigenvalue weighted by molar-refractivity contribution is 7.88. The van der Waals surface area contributed by atoms with Crippen LogP contribution < -0.4 is 14.7 Å². The van der Waals surface area contributed by atoms with E-state index in [0.29, 0.717) is 32.1 Å². The molecule has 1 aliphatic heterocycles. The van der Waals surface area contributed by atoms with E-state index in [1.165, 1.54) is 10.6 Å². The van der Waals surface area contributed by atoms with E-state index < -0.39 is 10.0 Å². The molecule has 4 heterocycles. The first-order valence-corrected chi connectivity index (χ1v) is 11.5. The Morgan fingerprint density at radius 3 is 2.90 bits per heavy atom. The molecular weight excluding hydrogens is 394 g/mol. The number of sulfonamides is 1. The summed E-state index contributed by atoms with van der Waals surface area (Å²) in [4.78, 5) is 5.86. The number of pyridine rings is 1. The summed E-state index contributed by atoms with van der Waals surface area (Å²) in [5.41, 5.74) is 2.77. The van der Waals surface area contributed by atoms with Crippen LogP contribution in [0.1, 0.15) is 20.3 Å². The molecule has 0 aromatic carbocycles. The zero-order chi connectivity index (χ0) is 20.6. The van der Waals surface area contributed by atoms with Crippen molar-refractivity contribution in [2.75, 3.05) is 31.3 Å². The number of aromatic amines is 1. The van der Waals surface area contributed by atoms with Gasteiger partial charge in [-0.25, -0.2) is 12.7 Å². The third-order valence-corrected chi connectivity index (χ3v) is 6.53. The molecule has 2 N–H and O–H groups in total. The second-order valence-corrected chi connectivity index (χ2v) is 9.36. The molecule has 0 spiro atoms. The quantitative estimate of drug-likeness (QED) is 0.564. The maximum Gasteiger partial charge on any atom is 0.373 e. The molecule has 0 aliphatic carbocycles. The van der Waals surface area contributed by atoms with Gasteiger partial charge in [0.1, 0.15) is 12.8 Å². The van der Waals surface area contributed by atoms with E-state index in [2.05, 4.69) is 20.6 Å². The summed E-state index contributed by atoms with van der Waals surface area (Å²) in [5, 5.41) is 14.9. The monoisotopic (exact) mass is 420 g/mol. The first-order valence-electron chi connectivity index (χ1n) is 9.65. The van der Waals surface area contributed by atoms with E-state index in [9.17, 15) is 8.42 Å². The van der Waals surface area contributed by atoms with Gasteiger partial charge in [0.05, 0.1) is 12.5 Å². The van der Waals surface area contributed by atoms with Crippen molar-refractivity contribution in [3.8, 4) is 11.1 Å². The minimum absolute atomic E-state index is 0.0953. The number of anilines is 1. The van der Waals surface area contributed by atoms with Gasteiger partial charge in [-0.05, 0) is 36.0 Å². The lowest BCUT2D eigenvalue weighted by molar-refractivity contribution is -0.577. The van der Waals surface area contributed by atoms with Crippen LogP contribution in [0.25, 0.3) is 16.8 Å². The van der Waals surface area contributed by atoms with Crippen molar-refractivity contribution in [3.63, 3.8) is 0 Å². The molecule has 1 saturated heterocycles. The third-order valence-electron chi connectivity index (χ3n) is 5.26. The molecule has 156 valence electrons. The Labute approximate surface area is 169 Å². The van der Waals surface area contributed by atoms with Crippen LogP contribution in [-0.2, 0) is 10.0 Å². The summed E-state index contributed by atoms with van der Waals surface area (Å²) in [7, 11) is -3.17. The number of nitrogens with one attached hydrogen (secondary N) is 2. The third kappa shape index (κ3) is 3.92. The van der Waals surface area contributed by atoms with Gasteiger partial charge >= 0.3 is 11.6 Å². The SMILES string of the molecule is CCOn1c(N[C@H]2CCN(S(C)(=O)=O)C[C@H]2C)n[n+]2ccc(-c3cn[nH]c3)cc12. The van der Waals surface area contributed by atoms with Gasteiger partial charge in [0.25, 0.3) is 0 Å². The molecule has 29 heavy (non-hydrogen) atoms. The summed E-state index contributed by atoms with van der Waals surface area (Å²) in [6, 6.07) is 4.06. The molecule has 2 atom stereocenters. The smallest absolute Gasteiger partial charge is 0.332 e. The summed E-state index contributed by atoms with van der Waals surface area (Å²) < 4.78 is 28.7. The van der Waals surface area contributed by atoms with Gasteiger partial charge in [0.2, 0.25) is 10.0 Å². The fourth-order valence-electron chi connectivity index (χ4n) is 3.69. The van der Waals surface area contributed by atoms with Gasteiger partial charge in [0.15, 0.2) is 0 Å². The standard InChI is InChI=1S/C18H25N7O3S/c1-4-28-25-17-9-14(15-10-19-20-11-15)5-8-24(17)22-18(25)21-16-6-7-23(12-13(16)2)29(3,26)27/h5,8-11,13,16H,4,6-7,12H2,1-3H3,(H,21,22)/p+1/t13-,16+/m1/s1. The van der Waals surface area contributed by atoms with Crippen LogP contribution in [0.5, 0.6) is 0 Å². The highest BCUT2D eigenvalue weighted by Crippen LogP contribution is 2.23. The number of rotatable bonds is 6. The van der Waals surface area contributed by atoms with Crippen molar-refractivity contribution in [3.05, 3.63) is 30.7 Å². The van der Waals surface area contributed by atoms with Gasteiger partial charge in [-0.3, -0.25) is 5.10 Å².